The Bertz CT molecular complexity index is 513. The second-order valence-corrected chi connectivity index (χ2v) is 4.82. The maximum atomic E-state index is 10.2. The zero-order valence-corrected chi connectivity index (χ0v) is 11.7. The topological polar surface area (TPSA) is 75.5 Å². The van der Waals surface area contributed by atoms with Crippen molar-refractivity contribution >= 4 is 0 Å². The molecule has 0 aliphatic heterocycles. The van der Waals surface area contributed by atoms with Gasteiger partial charge in [-0.2, -0.15) is 0 Å². The minimum absolute atomic E-state index is 0.340. The minimum Gasteiger partial charge on any atom is -0.442 e. The first-order valence-corrected chi connectivity index (χ1v) is 6.77. The summed E-state index contributed by atoms with van der Waals surface area (Å²) in [6.45, 7) is 2.35. The fourth-order valence-electron chi connectivity index (χ4n) is 1.98. The Labute approximate surface area is 119 Å². The first kappa shape index (κ1) is 14.7. The van der Waals surface area contributed by atoms with Crippen molar-refractivity contribution in [2.45, 2.75) is 12.5 Å². The van der Waals surface area contributed by atoms with Crippen LogP contribution in [0.3, 0.4) is 0 Å². The van der Waals surface area contributed by atoms with Crippen LogP contribution >= 0.6 is 0 Å². The molecule has 0 aliphatic rings. The van der Waals surface area contributed by atoms with Crippen LogP contribution in [0.5, 0.6) is 0 Å². The highest BCUT2D eigenvalue weighted by atomic mass is 16.4. The SMILES string of the molecule is CN(CCN)CCc1cnc(C(O)c2ccccc2)o1. The van der Waals surface area contributed by atoms with Crippen molar-refractivity contribution in [3.05, 3.63) is 53.7 Å². The van der Waals surface area contributed by atoms with Gasteiger partial charge in [-0.3, -0.25) is 0 Å². The van der Waals surface area contributed by atoms with Gasteiger partial charge in [0.2, 0.25) is 5.89 Å². The maximum Gasteiger partial charge on any atom is 0.227 e. The third-order valence-electron chi connectivity index (χ3n) is 3.17. The molecule has 2 rings (SSSR count). The van der Waals surface area contributed by atoms with Gasteiger partial charge in [-0.1, -0.05) is 30.3 Å². The number of aliphatic hydroxyl groups is 1. The van der Waals surface area contributed by atoms with Crippen molar-refractivity contribution in [2.24, 2.45) is 5.73 Å². The Kier molecular flexibility index (Phi) is 5.29. The number of benzene rings is 1. The van der Waals surface area contributed by atoms with E-state index in [9.17, 15) is 5.11 Å². The fourth-order valence-corrected chi connectivity index (χ4v) is 1.98. The smallest absolute Gasteiger partial charge is 0.227 e. The summed E-state index contributed by atoms with van der Waals surface area (Å²) in [4.78, 5) is 6.29. The molecule has 5 heteroatoms. The summed E-state index contributed by atoms with van der Waals surface area (Å²) < 4.78 is 5.61. The van der Waals surface area contributed by atoms with Gasteiger partial charge in [-0.15, -0.1) is 0 Å². The summed E-state index contributed by atoms with van der Waals surface area (Å²) in [5.41, 5.74) is 6.27. The molecule has 1 unspecified atom stereocenters. The molecule has 1 heterocycles. The van der Waals surface area contributed by atoms with Gasteiger partial charge in [0, 0.05) is 26.1 Å². The second kappa shape index (κ2) is 7.19. The Morgan fingerprint density at radius 1 is 1.30 bits per heavy atom. The molecule has 1 aromatic carbocycles. The lowest BCUT2D eigenvalue weighted by Crippen LogP contribution is -2.27. The van der Waals surface area contributed by atoms with E-state index < -0.39 is 6.10 Å². The zero-order chi connectivity index (χ0) is 14.4. The van der Waals surface area contributed by atoms with Crippen LogP contribution < -0.4 is 5.73 Å². The van der Waals surface area contributed by atoms with E-state index in [2.05, 4.69) is 9.88 Å². The molecule has 0 aliphatic carbocycles. The van der Waals surface area contributed by atoms with Gasteiger partial charge in [0.1, 0.15) is 5.76 Å². The summed E-state index contributed by atoms with van der Waals surface area (Å²) in [6.07, 6.45) is 1.62. The fraction of sp³-hybridized carbons (Fsp3) is 0.400. The average molecular weight is 275 g/mol. The Morgan fingerprint density at radius 3 is 2.75 bits per heavy atom. The van der Waals surface area contributed by atoms with Gasteiger partial charge < -0.3 is 20.2 Å². The van der Waals surface area contributed by atoms with Crippen molar-refractivity contribution in [2.75, 3.05) is 26.7 Å². The molecule has 20 heavy (non-hydrogen) atoms. The van der Waals surface area contributed by atoms with Gasteiger partial charge in [-0.05, 0) is 12.6 Å². The quantitative estimate of drug-likeness (QED) is 0.794. The average Bonchev–Trinajstić information content (AvgIpc) is 2.94. The molecule has 3 N–H and O–H groups in total. The summed E-state index contributed by atoms with van der Waals surface area (Å²) >= 11 is 0. The molecular formula is C15H21N3O2. The molecule has 5 nitrogen and oxygen atoms in total. The third kappa shape index (κ3) is 3.90. The molecule has 0 saturated carbocycles. The maximum absolute atomic E-state index is 10.2. The summed E-state index contributed by atoms with van der Waals surface area (Å²) in [5.74, 6) is 1.12. The summed E-state index contributed by atoms with van der Waals surface area (Å²) in [5, 5.41) is 10.2. The van der Waals surface area contributed by atoms with Crippen molar-refractivity contribution in [1.29, 1.82) is 0 Å². The van der Waals surface area contributed by atoms with Gasteiger partial charge >= 0.3 is 0 Å². The summed E-state index contributed by atoms with van der Waals surface area (Å²) in [6, 6.07) is 9.37. The zero-order valence-electron chi connectivity index (χ0n) is 11.7. The van der Waals surface area contributed by atoms with E-state index in [1.54, 1.807) is 6.20 Å². The van der Waals surface area contributed by atoms with E-state index in [4.69, 9.17) is 10.2 Å². The number of rotatable bonds is 7. The highest BCUT2D eigenvalue weighted by molar-refractivity contribution is 5.21. The van der Waals surface area contributed by atoms with Crippen LogP contribution in [0.1, 0.15) is 23.3 Å². The third-order valence-corrected chi connectivity index (χ3v) is 3.17. The number of aromatic nitrogens is 1. The van der Waals surface area contributed by atoms with Gasteiger partial charge in [0.25, 0.3) is 0 Å². The predicted octanol–water partition coefficient (Wildman–Crippen LogP) is 1.19. The lowest BCUT2D eigenvalue weighted by molar-refractivity contribution is 0.179. The lowest BCUT2D eigenvalue weighted by atomic mass is 10.1. The molecule has 0 spiro atoms. The van der Waals surface area contributed by atoms with E-state index in [1.807, 2.05) is 37.4 Å². The standard InChI is InChI=1S/C15H21N3O2/c1-18(10-8-16)9-7-13-11-17-15(20-13)14(19)12-5-3-2-4-6-12/h2-6,11,14,19H,7-10,16H2,1H3. The van der Waals surface area contributed by atoms with E-state index in [-0.39, 0.29) is 0 Å². The van der Waals surface area contributed by atoms with E-state index >= 15 is 0 Å². The normalized spacial score (nSPS) is 12.8. The van der Waals surface area contributed by atoms with Crippen LogP contribution in [0.15, 0.2) is 40.9 Å². The highest BCUT2D eigenvalue weighted by Crippen LogP contribution is 2.21. The van der Waals surface area contributed by atoms with Gasteiger partial charge in [0.15, 0.2) is 6.10 Å². The largest absolute Gasteiger partial charge is 0.442 e. The molecule has 0 amide bonds. The van der Waals surface area contributed by atoms with Gasteiger partial charge in [0.05, 0.1) is 6.20 Å². The molecule has 1 atom stereocenters. The van der Waals surface area contributed by atoms with Crippen molar-refractivity contribution in [3.8, 4) is 0 Å². The molecular weight excluding hydrogens is 254 g/mol. The molecule has 108 valence electrons. The Balaban J connectivity index is 1.95. The van der Waals surface area contributed by atoms with Crippen molar-refractivity contribution in [3.63, 3.8) is 0 Å². The molecule has 2 aromatic rings. The molecule has 0 radical (unpaired) electrons. The molecule has 0 fully saturated rings. The van der Waals surface area contributed by atoms with E-state index in [0.717, 1.165) is 30.8 Å². The van der Waals surface area contributed by atoms with Crippen LogP contribution in [0.2, 0.25) is 0 Å². The second-order valence-electron chi connectivity index (χ2n) is 4.82. The first-order chi connectivity index (χ1) is 9.70. The van der Waals surface area contributed by atoms with Crippen LogP contribution in [-0.2, 0) is 6.42 Å². The number of nitrogens with zero attached hydrogens (tertiary/aromatic N) is 2. The van der Waals surface area contributed by atoms with Gasteiger partial charge in [-0.25, -0.2) is 4.98 Å². The summed E-state index contributed by atoms with van der Waals surface area (Å²) in [7, 11) is 2.02. The van der Waals surface area contributed by atoms with E-state index in [1.165, 1.54) is 0 Å². The first-order valence-electron chi connectivity index (χ1n) is 6.77. The molecule has 1 aromatic heterocycles. The number of likely N-dealkylation sites (N-methyl/N-ethyl adjacent to an activating group) is 1. The number of aliphatic hydroxyl groups excluding tert-OH is 1. The number of hydrogen-bond donors (Lipinski definition) is 2. The molecule has 0 bridgehead atoms. The van der Waals surface area contributed by atoms with Crippen LogP contribution in [-0.4, -0.2) is 41.7 Å². The van der Waals surface area contributed by atoms with Crippen LogP contribution in [0.25, 0.3) is 0 Å². The van der Waals surface area contributed by atoms with Crippen molar-refractivity contribution in [1.82, 2.24) is 9.88 Å². The Hall–Kier alpha value is -1.69. The number of nitrogens with two attached hydrogens (primary N) is 1. The number of oxazole rings is 1. The van der Waals surface area contributed by atoms with Crippen LogP contribution in [0, 0.1) is 0 Å². The van der Waals surface area contributed by atoms with Crippen LogP contribution in [0.4, 0.5) is 0 Å². The predicted molar refractivity (Wildman–Crippen MR) is 77.3 cm³/mol. The highest BCUT2D eigenvalue weighted by Gasteiger charge is 2.16. The minimum atomic E-state index is -0.813. The lowest BCUT2D eigenvalue weighted by Gasteiger charge is -2.13. The molecule has 0 saturated heterocycles. The van der Waals surface area contributed by atoms with Crippen molar-refractivity contribution < 1.29 is 9.52 Å². The van der Waals surface area contributed by atoms with E-state index in [0.29, 0.717) is 12.4 Å². The monoisotopic (exact) mass is 275 g/mol. The number of hydrogen-bond acceptors (Lipinski definition) is 5. The Morgan fingerprint density at radius 2 is 2.05 bits per heavy atom.